The van der Waals surface area contributed by atoms with E-state index in [0.29, 0.717) is 18.8 Å². The molecule has 0 aliphatic rings. The first-order valence-corrected chi connectivity index (χ1v) is 4.61. The SMILES string of the molecule is Nc1nccc2cc(CNC=O)ccc12. The standard InChI is InChI=1S/C11H11N3O/c12-11-10-2-1-8(6-13-7-15)5-9(10)3-4-14-11/h1-5,7H,6H2,(H2,12,14)(H,13,15). The van der Waals surface area contributed by atoms with Crippen LogP contribution < -0.4 is 11.1 Å². The summed E-state index contributed by atoms with van der Waals surface area (Å²) < 4.78 is 0. The molecule has 3 N–H and O–H groups in total. The zero-order chi connectivity index (χ0) is 10.7. The van der Waals surface area contributed by atoms with Crippen LogP contribution in [0.4, 0.5) is 5.82 Å². The van der Waals surface area contributed by atoms with Crippen molar-refractivity contribution in [3.8, 4) is 0 Å². The second kappa shape index (κ2) is 3.96. The molecule has 0 radical (unpaired) electrons. The quantitative estimate of drug-likeness (QED) is 0.730. The Hall–Kier alpha value is -2.10. The van der Waals surface area contributed by atoms with Crippen LogP contribution >= 0.6 is 0 Å². The van der Waals surface area contributed by atoms with E-state index >= 15 is 0 Å². The molecule has 1 heterocycles. The summed E-state index contributed by atoms with van der Waals surface area (Å²) in [6.45, 7) is 0.529. The van der Waals surface area contributed by atoms with Gasteiger partial charge in [0.15, 0.2) is 0 Å². The summed E-state index contributed by atoms with van der Waals surface area (Å²) in [5.74, 6) is 0.530. The summed E-state index contributed by atoms with van der Waals surface area (Å²) in [6, 6.07) is 7.73. The lowest BCUT2D eigenvalue weighted by molar-refractivity contribution is -0.109. The van der Waals surface area contributed by atoms with E-state index < -0.39 is 0 Å². The molecule has 2 rings (SSSR count). The summed E-state index contributed by atoms with van der Waals surface area (Å²) >= 11 is 0. The van der Waals surface area contributed by atoms with Crippen LogP contribution in [0.1, 0.15) is 5.56 Å². The van der Waals surface area contributed by atoms with E-state index in [4.69, 9.17) is 5.73 Å². The lowest BCUT2D eigenvalue weighted by Gasteiger charge is -2.04. The molecule has 0 saturated carbocycles. The van der Waals surface area contributed by atoms with Gasteiger partial charge in [0.1, 0.15) is 5.82 Å². The third-order valence-electron chi connectivity index (χ3n) is 2.25. The molecule has 1 amide bonds. The van der Waals surface area contributed by atoms with Gasteiger partial charge in [-0.15, -0.1) is 0 Å². The second-order valence-electron chi connectivity index (χ2n) is 3.25. The fourth-order valence-electron chi connectivity index (χ4n) is 1.52. The van der Waals surface area contributed by atoms with Crippen LogP contribution in [0.2, 0.25) is 0 Å². The van der Waals surface area contributed by atoms with Gasteiger partial charge in [0.05, 0.1) is 0 Å². The number of nitrogens with two attached hydrogens (primary N) is 1. The normalized spacial score (nSPS) is 10.1. The van der Waals surface area contributed by atoms with Crippen molar-refractivity contribution in [2.75, 3.05) is 5.73 Å². The molecule has 15 heavy (non-hydrogen) atoms. The fraction of sp³-hybridized carbons (Fsp3) is 0.0909. The molecule has 4 nitrogen and oxygen atoms in total. The molecule has 0 unspecified atom stereocenters. The highest BCUT2D eigenvalue weighted by Gasteiger charge is 1.99. The first kappa shape index (κ1) is 9.45. The first-order chi connectivity index (χ1) is 7.31. The highest BCUT2D eigenvalue weighted by atomic mass is 16.1. The number of amides is 1. The molecule has 0 aliphatic heterocycles. The molecule has 4 heteroatoms. The zero-order valence-electron chi connectivity index (χ0n) is 8.10. The largest absolute Gasteiger partial charge is 0.383 e. The number of fused-ring (bicyclic) bond motifs is 1. The Bertz CT molecular complexity index is 496. The maximum Gasteiger partial charge on any atom is 0.207 e. The number of anilines is 1. The lowest BCUT2D eigenvalue weighted by Crippen LogP contribution is -2.09. The number of carbonyl (C=O) groups excluding carboxylic acids is 1. The monoisotopic (exact) mass is 201 g/mol. The third-order valence-corrected chi connectivity index (χ3v) is 2.25. The topological polar surface area (TPSA) is 68.0 Å². The molecule has 0 fully saturated rings. The molecule has 2 aromatic rings. The van der Waals surface area contributed by atoms with Gasteiger partial charge in [-0.25, -0.2) is 4.98 Å². The van der Waals surface area contributed by atoms with E-state index in [1.165, 1.54) is 0 Å². The molecule has 0 spiro atoms. The maximum absolute atomic E-state index is 10.2. The minimum absolute atomic E-state index is 0.529. The number of aromatic nitrogens is 1. The van der Waals surface area contributed by atoms with E-state index in [9.17, 15) is 4.79 Å². The summed E-state index contributed by atoms with van der Waals surface area (Å²) in [7, 11) is 0. The minimum atomic E-state index is 0.529. The molecule has 1 aromatic heterocycles. The molecule has 1 aromatic carbocycles. The van der Waals surface area contributed by atoms with Crippen molar-refractivity contribution >= 4 is 23.0 Å². The van der Waals surface area contributed by atoms with E-state index in [1.54, 1.807) is 6.20 Å². The maximum atomic E-state index is 10.2. The Kier molecular flexibility index (Phi) is 2.49. The average molecular weight is 201 g/mol. The number of carbonyl (C=O) groups is 1. The number of hydrogen-bond donors (Lipinski definition) is 2. The van der Waals surface area contributed by atoms with Gasteiger partial charge in [0, 0.05) is 18.1 Å². The molecular weight excluding hydrogens is 190 g/mol. The van der Waals surface area contributed by atoms with Crippen molar-refractivity contribution in [3.63, 3.8) is 0 Å². The number of nitrogen functional groups attached to an aromatic ring is 1. The summed E-state index contributed by atoms with van der Waals surface area (Å²) in [4.78, 5) is 14.2. The third kappa shape index (κ3) is 1.88. The predicted molar refractivity (Wildman–Crippen MR) is 59.1 cm³/mol. The molecule has 76 valence electrons. The number of hydrogen-bond acceptors (Lipinski definition) is 3. The minimum Gasteiger partial charge on any atom is -0.383 e. The Labute approximate surface area is 87.1 Å². The highest BCUT2D eigenvalue weighted by Crippen LogP contribution is 2.19. The van der Waals surface area contributed by atoms with E-state index in [-0.39, 0.29) is 0 Å². The van der Waals surface area contributed by atoms with Crippen LogP contribution in [0.5, 0.6) is 0 Å². The van der Waals surface area contributed by atoms with Gasteiger partial charge < -0.3 is 11.1 Å². The Morgan fingerprint density at radius 2 is 2.27 bits per heavy atom. The molecular formula is C11H11N3O. The van der Waals surface area contributed by atoms with Crippen molar-refractivity contribution in [1.82, 2.24) is 10.3 Å². The predicted octanol–water partition coefficient (Wildman–Crippen LogP) is 1.06. The number of nitrogens with one attached hydrogen (secondary N) is 1. The van der Waals surface area contributed by atoms with Crippen molar-refractivity contribution in [3.05, 3.63) is 36.0 Å². The van der Waals surface area contributed by atoms with E-state index in [0.717, 1.165) is 16.3 Å². The van der Waals surface area contributed by atoms with E-state index in [1.807, 2.05) is 24.3 Å². The van der Waals surface area contributed by atoms with Crippen molar-refractivity contribution < 1.29 is 4.79 Å². The van der Waals surface area contributed by atoms with E-state index in [2.05, 4.69) is 10.3 Å². The fourth-order valence-corrected chi connectivity index (χ4v) is 1.52. The lowest BCUT2D eigenvalue weighted by atomic mass is 10.1. The smallest absolute Gasteiger partial charge is 0.207 e. The van der Waals surface area contributed by atoms with Gasteiger partial charge in [-0.05, 0) is 23.1 Å². The summed E-state index contributed by atoms with van der Waals surface area (Å²) in [5.41, 5.74) is 6.77. The molecule has 0 saturated heterocycles. The zero-order valence-corrected chi connectivity index (χ0v) is 8.10. The van der Waals surface area contributed by atoms with Gasteiger partial charge in [-0.2, -0.15) is 0 Å². The number of rotatable bonds is 3. The van der Waals surface area contributed by atoms with Gasteiger partial charge in [0.2, 0.25) is 6.41 Å². The van der Waals surface area contributed by atoms with Crippen molar-refractivity contribution in [1.29, 1.82) is 0 Å². The summed E-state index contributed by atoms with van der Waals surface area (Å²) in [6.07, 6.45) is 2.36. The van der Waals surface area contributed by atoms with Gasteiger partial charge in [0.25, 0.3) is 0 Å². The van der Waals surface area contributed by atoms with Crippen LogP contribution in [-0.4, -0.2) is 11.4 Å². The molecule has 0 atom stereocenters. The Morgan fingerprint density at radius 3 is 3.07 bits per heavy atom. The number of pyridine rings is 1. The van der Waals surface area contributed by atoms with Crippen molar-refractivity contribution in [2.45, 2.75) is 6.54 Å². The highest BCUT2D eigenvalue weighted by molar-refractivity contribution is 5.91. The summed E-state index contributed by atoms with van der Waals surface area (Å²) in [5, 5.41) is 4.59. The van der Waals surface area contributed by atoms with Crippen LogP contribution in [0, 0.1) is 0 Å². The first-order valence-electron chi connectivity index (χ1n) is 4.61. The second-order valence-corrected chi connectivity index (χ2v) is 3.25. The molecule has 0 bridgehead atoms. The van der Waals surface area contributed by atoms with Crippen LogP contribution in [-0.2, 0) is 11.3 Å². The van der Waals surface area contributed by atoms with Gasteiger partial charge in [-0.3, -0.25) is 4.79 Å². The number of benzene rings is 1. The van der Waals surface area contributed by atoms with Gasteiger partial charge in [-0.1, -0.05) is 12.1 Å². The Morgan fingerprint density at radius 1 is 1.40 bits per heavy atom. The molecule has 0 aliphatic carbocycles. The Balaban J connectivity index is 2.43. The number of nitrogens with zero attached hydrogens (tertiary/aromatic N) is 1. The van der Waals surface area contributed by atoms with Crippen LogP contribution in [0.3, 0.4) is 0 Å². The van der Waals surface area contributed by atoms with Crippen molar-refractivity contribution in [2.24, 2.45) is 0 Å². The van der Waals surface area contributed by atoms with Crippen LogP contribution in [0.25, 0.3) is 10.8 Å². The van der Waals surface area contributed by atoms with Gasteiger partial charge >= 0.3 is 0 Å². The van der Waals surface area contributed by atoms with Crippen LogP contribution in [0.15, 0.2) is 30.5 Å². The average Bonchev–Trinajstić information content (AvgIpc) is 2.26.